The summed E-state index contributed by atoms with van der Waals surface area (Å²) in [7, 11) is 3.31. The minimum absolute atomic E-state index is 0. The van der Waals surface area contributed by atoms with Crippen molar-refractivity contribution in [3.63, 3.8) is 0 Å². The molecule has 4 N–H and O–H groups in total. The van der Waals surface area contributed by atoms with Gasteiger partial charge in [-0.15, -0.1) is 59.8 Å². The predicted molar refractivity (Wildman–Crippen MR) is 274 cm³/mol. The summed E-state index contributed by atoms with van der Waals surface area (Å²) in [5, 5.41) is 8.86. The highest BCUT2D eigenvalue weighted by molar-refractivity contribution is 6.04. The maximum absolute atomic E-state index is 13.8. The highest BCUT2D eigenvalue weighted by Crippen LogP contribution is 2.37. The number of halogens is 4. The second-order valence-electron chi connectivity index (χ2n) is 18.9. The Kier molecular flexibility index (Phi) is 20.7. The van der Waals surface area contributed by atoms with E-state index in [2.05, 4.69) is 100 Å². The summed E-state index contributed by atoms with van der Waals surface area (Å²) in [5.74, 6) is -1.90. The Morgan fingerprint density at radius 3 is 1.18 bits per heavy atom. The number of carbonyl (C=O) groups is 2. The summed E-state index contributed by atoms with van der Waals surface area (Å²) in [6.07, 6.45) is 4.38. The van der Waals surface area contributed by atoms with E-state index in [1.54, 1.807) is 14.1 Å². The van der Waals surface area contributed by atoms with Gasteiger partial charge in [0.25, 0.3) is 0 Å². The van der Waals surface area contributed by atoms with Crippen LogP contribution in [0, 0.1) is 38.5 Å². The van der Waals surface area contributed by atoms with Crippen molar-refractivity contribution in [3.8, 4) is 34.0 Å². The van der Waals surface area contributed by atoms with Crippen molar-refractivity contribution in [3.05, 3.63) is 128 Å². The van der Waals surface area contributed by atoms with Gasteiger partial charge in [0, 0.05) is 73.5 Å². The number of nitrogens with two attached hydrogens (primary N) is 2. The molecule has 0 aliphatic rings. The third-order valence-corrected chi connectivity index (χ3v) is 10.8. The van der Waals surface area contributed by atoms with Crippen LogP contribution in [-0.2, 0) is 58.0 Å². The van der Waals surface area contributed by atoms with Gasteiger partial charge < -0.3 is 25.7 Å². The molecular formula is C50H66Cl4N8O5. The van der Waals surface area contributed by atoms with Gasteiger partial charge in [0.05, 0.1) is 0 Å². The smallest absolute Gasteiger partial charge is 0.353 e. The number of carbonyl (C=O) groups excluding carboxylic acids is 2. The molecule has 0 radical (unpaired) electrons. The fourth-order valence-electron chi connectivity index (χ4n) is 7.82. The lowest BCUT2D eigenvalue weighted by molar-refractivity contribution is 0.0392. The number of aromatic nitrogens is 6. The SMILES string of the molecule is Cc1ccc(-c2c(COc3nn(C)cc3C(=O)OC(=O)c3cn(C)nc3OCc3c(C)nc(CC(C)(C)C)c(CN)c3-c3ccc(C)cc3)c(C)nc(CC(C)(C)C)c2CN)cc1.Cl.Cl.Cl.Cl. The van der Waals surface area contributed by atoms with E-state index in [1.165, 1.54) is 21.8 Å². The van der Waals surface area contributed by atoms with E-state index < -0.39 is 11.9 Å². The summed E-state index contributed by atoms with van der Waals surface area (Å²) < 4.78 is 21.0. The van der Waals surface area contributed by atoms with Crippen LogP contribution in [0.25, 0.3) is 22.3 Å². The van der Waals surface area contributed by atoms with Crippen LogP contribution in [0.3, 0.4) is 0 Å². The number of nitrogens with zero attached hydrogens (tertiary/aromatic N) is 6. The fraction of sp³-hybridized carbons (Fsp3) is 0.400. The topological polar surface area (TPSA) is 175 Å². The Hall–Kier alpha value is -5.02. The quantitative estimate of drug-likeness (QED) is 0.0785. The van der Waals surface area contributed by atoms with E-state index in [0.29, 0.717) is 0 Å². The van der Waals surface area contributed by atoms with Crippen LogP contribution in [0.1, 0.15) is 118 Å². The lowest BCUT2D eigenvalue weighted by Crippen LogP contribution is -2.18. The molecule has 4 aromatic heterocycles. The van der Waals surface area contributed by atoms with Crippen molar-refractivity contribution in [1.82, 2.24) is 29.5 Å². The molecule has 0 bridgehead atoms. The standard InChI is InChI=1S/C50H62N8O5.4ClH/c1-29-13-17-33(18-14-29)43-35(23-51)41(21-49(5,6)7)53-31(3)39(43)27-61-45-37(25-57(11)55-45)47(59)63-48(60)38-26-58(12)56-46(38)62-28-40-32(4)54-42(22-50(8,9)10)36(24-52)44(40)34-19-15-30(2)16-20-34;;;;/h13-20,25-26H,21-24,27-28,51-52H2,1-12H3;4*1H. The number of pyridine rings is 2. The zero-order valence-electron chi connectivity index (χ0n) is 40.5. The molecule has 0 unspecified atom stereocenters. The number of benzene rings is 2. The molecule has 0 saturated heterocycles. The first-order chi connectivity index (χ1) is 29.7. The molecule has 6 aromatic rings. The second kappa shape index (κ2) is 23.8. The van der Waals surface area contributed by atoms with Crippen LogP contribution in [0.4, 0.5) is 0 Å². The summed E-state index contributed by atoms with van der Waals surface area (Å²) in [6.45, 7) is 21.6. The van der Waals surface area contributed by atoms with Gasteiger partial charge in [-0.25, -0.2) is 9.59 Å². The molecule has 6 rings (SSSR count). The number of hydrogen-bond acceptors (Lipinski definition) is 11. The number of hydrogen-bond donors (Lipinski definition) is 2. The zero-order chi connectivity index (χ0) is 46.0. The van der Waals surface area contributed by atoms with E-state index >= 15 is 0 Å². The van der Waals surface area contributed by atoms with E-state index in [1.807, 2.05) is 27.7 Å². The number of aryl methyl sites for hydroxylation is 6. The first-order valence-corrected chi connectivity index (χ1v) is 21.3. The maximum atomic E-state index is 13.8. The summed E-state index contributed by atoms with van der Waals surface area (Å²) in [5.41, 5.74) is 25.8. The van der Waals surface area contributed by atoms with E-state index in [-0.39, 0.29) is 110 Å². The van der Waals surface area contributed by atoms with Crippen molar-refractivity contribution in [2.24, 2.45) is 36.4 Å². The lowest BCUT2D eigenvalue weighted by atomic mass is 9.85. The molecule has 0 aliphatic heterocycles. The van der Waals surface area contributed by atoms with Gasteiger partial charge in [0.1, 0.15) is 24.3 Å². The van der Waals surface area contributed by atoms with Crippen molar-refractivity contribution in [2.75, 3.05) is 0 Å². The molecule has 13 nitrogen and oxygen atoms in total. The van der Waals surface area contributed by atoms with Crippen molar-refractivity contribution in [2.45, 2.75) is 108 Å². The van der Waals surface area contributed by atoms with Crippen LogP contribution in [0.5, 0.6) is 11.8 Å². The van der Waals surface area contributed by atoms with Crippen molar-refractivity contribution in [1.29, 1.82) is 0 Å². The largest absolute Gasteiger partial charge is 0.471 e. The Morgan fingerprint density at radius 2 is 0.881 bits per heavy atom. The van der Waals surface area contributed by atoms with Crippen LogP contribution in [0.15, 0.2) is 60.9 Å². The Balaban J connectivity index is 0.00000385. The van der Waals surface area contributed by atoms with Gasteiger partial charge in [0.15, 0.2) is 0 Å². The van der Waals surface area contributed by atoms with Crippen molar-refractivity contribution >= 4 is 61.6 Å². The highest BCUT2D eigenvalue weighted by atomic mass is 35.5. The normalized spacial score (nSPS) is 11.1. The average Bonchev–Trinajstić information content (AvgIpc) is 3.77. The highest BCUT2D eigenvalue weighted by Gasteiger charge is 2.29. The minimum atomic E-state index is -0.946. The van der Waals surface area contributed by atoms with Gasteiger partial charge in [0.2, 0.25) is 11.8 Å². The molecule has 17 heteroatoms. The van der Waals surface area contributed by atoms with Crippen LogP contribution >= 0.6 is 49.6 Å². The molecule has 0 saturated carbocycles. The molecule has 0 spiro atoms. The third kappa shape index (κ3) is 14.0. The molecule has 67 heavy (non-hydrogen) atoms. The van der Waals surface area contributed by atoms with E-state index in [0.717, 1.165) is 91.3 Å². The second-order valence-corrected chi connectivity index (χ2v) is 18.9. The maximum Gasteiger partial charge on any atom is 0.353 e. The molecule has 2 aromatic carbocycles. The van der Waals surface area contributed by atoms with Crippen molar-refractivity contribution < 1.29 is 23.8 Å². The van der Waals surface area contributed by atoms with Gasteiger partial charge >= 0.3 is 11.9 Å². The third-order valence-electron chi connectivity index (χ3n) is 10.8. The molecular weight excluding hydrogens is 934 g/mol. The molecule has 364 valence electrons. The molecule has 0 aliphatic carbocycles. The van der Waals surface area contributed by atoms with Gasteiger partial charge in [-0.3, -0.25) is 19.3 Å². The number of esters is 2. The van der Waals surface area contributed by atoms with Gasteiger partial charge in [-0.05, 0) is 84.7 Å². The molecule has 4 heterocycles. The molecule has 0 amide bonds. The lowest BCUT2D eigenvalue weighted by Gasteiger charge is -2.24. The summed E-state index contributed by atoms with van der Waals surface area (Å²) in [4.78, 5) is 37.7. The monoisotopic (exact) mass is 998 g/mol. The predicted octanol–water partition coefficient (Wildman–Crippen LogP) is 10.4. The first kappa shape index (κ1) is 58.1. The van der Waals surface area contributed by atoms with Gasteiger partial charge in [-0.1, -0.05) is 101 Å². The van der Waals surface area contributed by atoms with E-state index in [4.69, 9.17) is 35.6 Å². The van der Waals surface area contributed by atoms with Crippen LogP contribution in [0.2, 0.25) is 0 Å². The molecule has 0 atom stereocenters. The Bertz CT molecular complexity index is 2470. The van der Waals surface area contributed by atoms with Gasteiger partial charge in [-0.2, -0.15) is 0 Å². The average molecular weight is 1000 g/mol. The van der Waals surface area contributed by atoms with Crippen LogP contribution in [-0.4, -0.2) is 41.5 Å². The Labute approximate surface area is 419 Å². The van der Waals surface area contributed by atoms with Crippen LogP contribution < -0.4 is 20.9 Å². The summed E-state index contributed by atoms with van der Waals surface area (Å²) >= 11 is 0. The minimum Gasteiger partial charge on any atom is -0.471 e. The fourth-order valence-corrected chi connectivity index (χ4v) is 7.82. The Morgan fingerprint density at radius 1 is 0.552 bits per heavy atom. The number of rotatable bonds is 14. The number of ether oxygens (including phenoxy) is 3. The first-order valence-electron chi connectivity index (χ1n) is 21.3. The summed E-state index contributed by atoms with van der Waals surface area (Å²) in [6, 6.07) is 16.5. The molecule has 0 fully saturated rings. The zero-order valence-corrected chi connectivity index (χ0v) is 43.8. The van der Waals surface area contributed by atoms with E-state index in [9.17, 15) is 9.59 Å².